The van der Waals surface area contributed by atoms with Gasteiger partial charge in [0.1, 0.15) is 0 Å². The zero-order valence-corrected chi connectivity index (χ0v) is 15.9. The van der Waals surface area contributed by atoms with E-state index >= 15 is 0 Å². The minimum Gasteiger partial charge on any atom is -0.214 e. The molecule has 1 aliphatic carbocycles. The topological polar surface area (TPSA) is 0 Å². The molecule has 0 saturated carbocycles. The molecule has 0 fully saturated rings. The second kappa shape index (κ2) is 9.66. The molecule has 0 amide bonds. The van der Waals surface area contributed by atoms with Crippen molar-refractivity contribution in [1.82, 2.24) is 0 Å². The number of hydrogen-bond acceptors (Lipinski definition) is 0. The Balaban J connectivity index is 0.000000208. The molecule has 2 aromatic carbocycles. The molecule has 0 aliphatic heterocycles. The van der Waals surface area contributed by atoms with Gasteiger partial charge >= 0.3 is 37.9 Å². The minimum absolute atomic E-state index is 0.487. The molecule has 3 rings (SSSR count). The van der Waals surface area contributed by atoms with E-state index in [1.54, 1.807) is 0 Å². The van der Waals surface area contributed by atoms with E-state index in [0.717, 1.165) is 0 Å². The summed E-state index contributed by atoms with van der Waals surface area (Å²) in [5, 5.41) is 0. The van der Waals surface area contributed by atoms with Gasteiger partial charge in [0, 0.05) is 0 Å². The van der Waals surface area contributed by atoms with Crippen LogP contribution in [-0.2, 0) is 20.8 Å². The van der Waals surface area contributed by atoms with E-state index in [-0.39, 0.29) is 0 Å². The summed E-state index contributed by atoms with van der Waals surface area (Å²) in [6, 6.07) is 14.5. The molecule has 0 heterocycles. The molecular formula is C17H18Cl2Zr. The Morgan fingerprint density at radius 2 is 1.75 bits per heavy atom. The van der Waals surface area contributed by atoms with Crippen molar-refractivity contribution < 1.29 is 20.8 Å². The number of aryl methyl sites for hydroxylation is 2. The third-order valence-corrected chi connectivity index (χ3v) is 3.04. The molecule has 3 heteroatoms. The molecule has 1 unspecified atom stereocenters. The van der Waals surface area contributed by atoms with Crippen molar-refractivity contribution in [2.75, 3.05) is 0 Å². The van der Waals surface area contributed by atoms with E-state index in [1.807, 2.05) is 30.3 Å². The van der Waals surface area contributed by atoms with Crippen LogP contribution in [0.3, 0.4) is 0 Å². The third kappa shape index (κ3) is 5.64. The molecular weight excluding hydrogens is 366 g/mol. The van der Waals surface area contributed by atoms with Crippen LogP contribution in [-0.4, -0.2) is 0 Å². The Bertz CT molecular complexity index is 513. The molecule has 2 aromatic rings. The minimum atomic E-state index is -0.826. The number of allylic oxidation sites excluding steroid dienone is 1. The van der Waals surface area contributed by atoms with Crippen molar-refractivity contribution in [2.45, 2.75) is 26.7 Å². The van der Waals surface area contributed by atoms with E-state index in [0.29, 0.717) is 5.92 Å². The van der Waals surface area contributed by atoms with Crippen LogP contribution in [0.2, 0.25) is 0 Å². The fraction of sp³-hybridized carbons (Fsp3) is 0.235. The Morgan fingerprint density at radius 3 is 2.25 bits per heavy atom. The fourth-order valence-corrected chi connectivity index (χ4v) is 2.34. The maximum Gasteiger partial charge on any atom is -0.172 e. The molecule has 1 aliphatic rings. The van der Waals surface area contributed by atoms with Gasteiger partial charge in [0.15, 0.2) is 0 Å². The average molecular weight is 384 g/mol. The monoisotopic (exact) mass is 382 g/mol. The van der Waals surface area contributed by atoms with Crippen molar-refractivity contribution in [3.63, 3.8) is 0 Å². The summed E-state index contributed by atoms with van der Waals surface area (Å²) in [6.45, 7) is 6.53. The summed E-state index contributed by atoms with van der Waals surface area (Å²) in [4.78, 5) is 0. The summed E-state index contributed by atoms with van der Waals surface area (Å²) in [5.41, 5.74) is 5.57. The van der Waals surface area contributed by atoms with Crippen LogP contribution in [0.5, 0.6) is 0 Å². The van der Waals surface area contributed by atoms with Crippen molar-refractivity contribution in [1.29, 1.82) is 0 Å². The summed E-state index contributed by atoms with van der Waals surface area (Å²) < 4.78 is 0. The van der Waals surface area contributed by atoms with Crippen molar-refractivity contribution in [2.24, 2.45) is 0 Å². The predicted molar refractivity (Wildman–Crippen MR) is 85.8 cm³/mol. The van der Waals surface area contributed by atoms with E-state index in [9.17, 15) is 0 Å². The summed E-state index contributed by atoms with van der Waals surface area (Å²) in [5.74, 6) is 0.487. The van der Waals surface area contributed by atoms with E-state index in [1.165, 1.54) is 22.3 Å². The zero-order valence-electron chi connectivity index (χ0n) is 12.0. The van der Waals surface area contributed by atoms with Crippen molar-refractivity contribution in [3.8, 4) is 0 Å². The smallest absolute Gasteiger partial charge is 0.172 e. The van der Waals surface area contributed by atoms with Gasteiger partial charge in [-0.05, 0) is 13.8 Å². The van der Waals surface area contributed by atoms with E-state index in [4.69, 9.17) is 17.0 Å². The molecule has 104 valence electrons. The van der Waals surface area contributed by atoms with Crippen LogP contribution in [0.4, 0.5) is 0 Å². The maximum atomic E-state index is 4.93. The second-order valence-electron chi connectivity index (χ2n) is 4.65. The first kappa shape index (κ1) is 17.8. The van der Waals surface area contributed by atoms with Crippen molar-refractivity contribution in [3.05, 3.63) is 70.8 Å². The van der Waals surface area contributed by atoms with Gasteiger partial charge in [-0.25, -0.2) is 18.2 Å². The molecule has 0 nitrogen and oxygen atoms in total. The largest absolute Gasteiger partial charge is 0.214 e. The second-order valence-corrected chi connectivity index (χ2v) is 8.38. The molecule has 0 aromatic heterocycles. The molecule has 1 atom stereocenters. The Labute approximate surface area is 140 Å². The van der Waals surface area contributed by atoms with Crippen LogP contribution in [0.25, 0.3) is 6.08 Å². The van der Waals surface area contributed by atoms with Crippen LogP contribution in [0, 0.1) is 19.9 Å². The fourth-order valence-electron chi connectivity index (χ4n) is 2.34. The normalized spacial score (nSPS) is 14.3. The SMILES string of the molecule is Cc1cc(C)c2c(c1)C=[C-]C2C.[Cl][Zr+2][Cl].c1cc[cH-]c1. The van der Waals surface area contributed by atoms with Gasteiger partial charge in [0.25, 0.3) is 0 Å². The van der Waals surface area contributed by atoms with Crippen molar-refractivity contribution >= 4 is 23.1 Å². The average Bonchev–Trinajstić information content (AvgIpc) is 3.03. The first-order chi connectivity index (χ1) is 9.60. The summed E-state index contributed by atoms with van der Waals surface area (Å²) >= 11 is -0.826. The summed E-state index contributed by atoms with van der Waals surface area (Å²) in [7, 11) is 9.87. The molecule has 0 bridgehead atoms. The predicted octanol–water partition coefficient (Wildman–Crippen LogP) is 6.02. The van der Waals surface area contributed by atoms with Gasteiger partial charge in [-0.3, -0.25) is 6.08 Å². The van der Waals surface area contributed by atoms with Gasteiger partial charge in [0.2, 0.25) is 0 Å². The number of hydrogen-bond donors (Lipinski definition) is 0. The van der Waals surface area contributed by atoms with Crippen LogP contribution in [0.1, 0.15) is 35.1 Å². The number of halogens is 2. The van der Waals surface area contributed by atoms with Crippen LogP contribution < -0.4 is 0 Å². The molecule has 20 heavy (non-hydrogen) atoms. The third-order valence-electron chi connectivity index (χ3n) is 3.04. The number of fused-ring (bicyclic) bond motifs is 1. The molecule has 0 N–H and O–H groups in total. The maximum absolute atomic E-state index is 4.93. The van der Waals surface area contributed by atoms with Gasteiger partial charge in [-0.1, -0.05) is 30.0 Å². The van der Waals surface area contributed by atoms with E-state index < -0.39 is 20.8 Å². The zero-order chi connectivity index (χ0) is 15.0. The Kier molecular flexibility index (Phi) is 8.61. The Morgan fingerprint density at radius 1 is 1.15 bits per heavy atom. The van der Waals surface area contributed by atoms with Gasteiger partial charge in [-0.15, -0.1) is 11.6 Å². The number of benzene rings is 1. The van der Waals surface area contributed by atoms with Gasteiger partial charge < -0.3 is 0 Å². The first-order valence-corrected chi connectivity index (χ1v) is 12.8. The Hall–Kier alpha value is -0.227. The van der Waals surface area contributed by atoms with Crippen LogP contribution in [0.15, 0.2) is 42.5 Å². The number of rotatable bonds is 0. The molecule has 0 radical (unpaired) electrons. The van der Waals surface area contributed by atoms with Gasteiger partial charge in [0.05, 0.1) is 0 Å². The molecule has 0 saturated heterocycles. The van der Waals surface area contributed by atoms with E-state index in [2.05, 4.69) is 45.1 Å². The molecule has 0 spiro atoms. The quantitative estimate of drug-likeness (QED) is 0.487. The standard InChI is InChI=1S/C12H13.C5H5.2ClH.Zr/c1-8-6-10(3)12-9(2)4-5-11(12)7-8;1-2-4-5-3-1;;;/h5-7,9H,1-3H3;1-5H;2*1H;/q2*-1;;;+4/p-2. The van der Waals surface area contributed by atoms with Gasteiger partial charge in [-0.2, -0.15) is 23.8 Å². The van der Waals surface area contributed by atoms with Crippen LogP contribution >= 0.6 is 17.0 Å². The summed E-state index contributed by atoms with van der Waals surface area (Å²) in [6.07, 6.45) is 5.44. The first-order valence-electron chi connectivity index (χ1n) is 6.43.